The SMILES string of the molecule is CCCc1cc(CCl)cc(N(C)c2cc(C)cc(C)c2)n1. The zero-order valence-corrected chi connectivity index (χ0v) is 14.0. The number of hydrogen-bond donors (Lipinski definition) is 0. The Morgan fingerprint density at radius 3 is 2.29 bits per heavy atom. The van der Waals surface area contributed by atoms with Crippen LogP contribution in [0.25, 0.3) is 0 Å². The number of aromatic nitrogens is 1. The summed E-state index contributed by atoms with van der Waals surface area (Å²) in [5, 5.41) is 0. The number of rotatable bonds is 5. The van der Waals surface area contributed by atoms with Crippen LogP contribution in [-0.2, 0) is 12.3 Å². The van der Waals surface area contributed by atoms with Gasteiger partial charge in [0.05, 0.1) is 0 Å². The van der Waals surface area contributed by atoms with Crippen LogP contribution in [-0.4, -0.2) is 12.0 Å². The molecule has 3 heteroatoms. The Labute approximate surface area is 132 Å². The molecule has 0 N–H and O–H groups in total. The van der Waals surface area contributed by atoms with Crippen molar-refractivity contribution >= 4 is 23.1 Å². The number of hydrogen-bond acceptors (Lipinski definition) is 2. The summed E-state index contributed by atoms with van der Waals surface area (Å²) in [6.07, 6.45) is 2.07. The fraction of sp³-hybridized carbons (Fsp3) is 0.389. The average Bonchev–Trinajstić information content (AvgIpc) is 2.45. The molecule has 1 aromatic carbocycles. The summed E-state index contributed by atoms with van der Waals surface area (Å²) >= 11 is 6.03. The van der Waals surface area contributed by atoms with E-state index in [2.05, 4.69) is 63.1 Å². The van der Waals surface area contributed by atoms with Gasteiger partial charge in [-0.1, -0.05) is 19.4 Å². The summed E-state index contributed by atoms with van der Waals surface area (Å²) in [6, 6.07) is 10.7. The van der Waals surface area contributed by atoms with Crippen molar-refractivity contribution in [2.75, 3.05) is 11.9 Å². The molecule has 0 spiro atoms. The number of halogens is 1. The van der Waals surface area contributed by atoms with Gasteiger partial charge in [-0.15, -0.1) is 11.6 Å². The zero-order valence-electron chi connectivity index (χ0n) is 13.3. The van der Waals surface area contributed by atoms with Crippen LogP contribution in [0.15, 0.2) is 30.3 Å². The largest absolute Gasteiger partial charge is 0.329 e. The highest BCUT2D eigenvalue weighted by atomic mass is 35.5. The molecule has 112 valence electrons. The second kappa shape index (κ2) is 6.95. The molecule has 0 atom stereocenters. The van der Waals surface area contributed by atoms with Gasteiger partial charge in [0.1, 0.15) is 5.82 Å². The van der Waals surface area contributed by atoms with Crippen LogP contribution in [0.1, 0.15) is 35.7 Å². The monoisotopic (exact) mass is 302 g/mol. The standard InChI is InChI=1S/C18H23ClN2/c1-5-6-16-10-15(12-19)11-18(20-16)21(4)17-8-13(2)7-14(3)9-17/h7-11H,5-6,12H2,1-4H3. The van der Waals surface area contributed by atoms with Gasteiger partial charge in [-0.25, -0.2) is 4.98 Å². The normalized spacial score (nSPS) is 10.7. The van der Waals surface area contributed by atoms with Gasteiger partial charge in [0.2, 0.25) is 0 Å². The van der Waals surface area contributed by atoms with E-state index in [4.69, 9.17) is 16.6 Å². The number of benzene rings is 1. The van der Waals surface area contributed by atoms with E-state index in [0.29, 0.717) is 5.88 Å². The van der Waals surface area contributed by atoms with Crippen molar-refractivity contribution in [3.8, 4) is 0 Å². The van der Waals surface area contributed by atoms with E-state index in [1.165, 1.54) is 11.1 Å². The first-order valence-corrected chi connectivity index (χ1v) is 7.94. The average molecular weight is 303 g/mol. The highest BCUT2D eigenvalue weighted by molar-refractivity contribution is 6.17. The van der Waals surface area contributed by atoms with E-state index in [0.717, 1.165) is 35.6 Å². The predicted molar refractivity (Wildman–Crippen MR) is 91.8 cm³/mol. The molecule has 1 heterocycles. The van der Waals surface area contributed by atoms with Crippen molar-refractivity contribution < 1.29 is 0 Å². The molecule has 1 aromatic heterocycles. The minimum atomic E-state index is 0.521. The maximum atomic E-state index is 6.03. The van der Waals surface area contributed by atoms with Gasteiger partial charge in [-0.2, -0.15) is 0 Å². The molecule has 0 saturated carbocycles. The smallest absolute Gasteiger partial charge is 0.133 e. The molecule has 0 saturated heterocycles. The van der Waals surface area contributed by atoms with Gasteiger partial charge in [0.15, 0.2) is 0 Å². The lowest BCUT2D eigenvalue weighted by Gasteiger charge is -2.21. The van der Waals surface area contributed by atoms with Crippen LogP contribution >= 0.6 is 11.6 Å². The number of nitrogens with zero attached hydrogens (tertiary/aromatic N) is 2. The molecule has 0 unspecified atom stereocenters. The second-order valence-electron chi connectivity index (χ2n) is 5.61. The van der Waals surface area contributed by atoms with Crippen LogP contribution < -0.4 is 4.90 Å². The molecule has 0 aliphatic heterocycles. The molecule has 0 amide bonds. The maximum Gasteiger partial charge on any atom is 0.133 e. The Morgan fingerprint density at radius 2 is 1.71 bits per heavy atom. The van der Waals surface area contributed by atoms with Gasteiger partial charge < -0.3 is 4.90 Å². The summed E-state index contributed by atoms with van der Waals surface area (Å²) in [5.41, 5.74) is 5.93. The molecular weight excluding hydrogens is 280 g/mol. The van der Waals surface area contributed by atoms with E-state index in [-0.39, 0.29) is 0 Å². The van der Waals surface area contributed by atoms with E-state index in [1.807, 2.05) is 0 Å². The molecule has 2 aromatic rings. The van der Waals surface area contributed by atoms with Crippen LogP contribution in [0.2, 0.25) is 0 Å². The molecule has 0 aliphatic carbocycles. The molecule has 2 rings (SSSR count). The van der Waals surface area contributed by atoms with Gasteiger partial charge >= 0.3 is 0 Å². The lowest BCUT2D eigenvalue weighted by atomic mass is 10.1. The van der Waals surface area contributed by atoms with E-state index in [1.54, 1.807) is 0 Å². The quantitative estimate of drug-likeness (QED) is 0.709. The molecular formula is C18H23ClN2. The van der Waals surface area contributed by atoms with Crippen molar-refractivity contribution in [1.82, 2.24) is 4.98 Å². The second-order valence-corrected chi connectivity index (χ2v) is 5.88. The zero-order chi connectivity index (χ0) is 15.4. The summed E-state index contributed by atoms with van der Waals surface area (Å²) in [5.74, 6) is 1.48. The van der Waals surface area contributed by atoms with Gasteiger partial charge in [0, 0.05) is 24.3 Å². The minimum absolute atomic E-state index is 0.521. The van der Waals surface area contributed by atoms with Crippen molar-refractivity contribution in [2.45, 2.75) is 39.5 Å². The lowest BCUT2D eigenvalue weighted by molar-refractivity contribution is 0.875. The Morgan fingerprint density at radius 1 is 1.05 bits per heavy atom. The third-order valence-electron chi connectivity index (χ3n) is 3.52. The molecule has 0 bridgehead atoms. The first kappa shape index (κ1) is 15.8. The highest BCUT2D eigenvalue weighted by Gasteiger charge is 2.09. The number of alkyl halides is 1. The first-order valence-electron chi connectivity index (χ1n) is 7.41. The third kappa shape index (κ3) is 3.98. The van der Waals surface area contributed by atoms with E-state index >= 15 is 0 Å². The maximum absolute atomic E-state index is 6.03. The van der Waals surface area contributed by atoms with Gasteiger partial charge in [-0.3, -0.25) is 0 Å². The number of anilines is 2. The molecule has 0 radical (unpaired) electrons. The topological polar surface area (TPSA) is 16.1 Å². The van der Waals surface area contributed by atoms with Crippen molar-refractivity contribution in [2.24, 2.45) is 0 Å². The molecule has 2 nitrogen and oxygen atoms in total. The third-order valence-corrected chi connectivity index (χ3v) is 3.83. The summed E-state index contributed by atoms with van der Waals surface area (Å²) < 4.78 is 0. The number of aryl methyl sites for hydroxylation is 3. The molecule has 0 fully saturated rings. The number of pyridine rings is 1. The van der Waals surface area contributed by atoms with Gasteiger partial charge in [-0.05, 0) is 61.2 Å². The first-order chi connectivity index (χ1) is 10.0. The van der Waals surface area contributed by atoms with E-state index < -0.39 is 0 Å². The Balaban J connectivity index is 2.41. The van der Waals surface area contributed by atoms with Crippen LogP contribution in [0.4, 0.5) is 11.5 Å². The summed E-state index contributed by atoms with van der Waals surface area (Å²) in [6.45, 7) is 6.41. The Bertz CT molecular complexity index is 602. The predicted octanol–water partition coefficient (Wildman–Crippen LogP) is 5.16. The van der Waals surface area contributed by atoms with Crippen molar-refractivity contribution in [1.29, 1.82) is 0 Å². The minimum Gasteiger partial charge on any atom is -0.329 e. The van der Waals surface area contributed by atoms with Gasteiger partial charge in [0.25, 0.3) is 0 Å². The fourth-order valence-corrected chi connectivity index (χ4v) is 2.70. The van der Waals surface area contributed by atoms with Crippen molar-refractivity contribution in [3.63, 3.8) is 0 Å². The van der Waals surface area contributed by atoms with Crippen LogP contribution in [0.5, 0.6) is 0 Å². The van der Waals surface area contributed by atoms with Crippen molar-refractivity contribution in [3.05, 3.63) is 52.7 Å². The lowest BCUT2D eigenvalue weighted by Crippen LogP contribution is -2.13. The Kier molecular flexibility index (Phi) is 5.24. The Hall–Kier alpha value is -1.54. The fourth-order valence-electron chi connectivity index (χ4n) is 2.54. The highest BCUT2D eigenvalue weighted by Crippen LogP contribution is 2.26. The molecule has 21 heavy (non-hydrogen) atoms. The summed E-state index contributed by atoms with van der Waals surface area (Å²) in [7, 11) is 2.06. The molecule has 0 aliphatic rings. The van der Waals surface area contributed by atoms with Crippen LogP contribution in [0.3, 0.4) is 0 Å². The summed E-state index contributed by atoms with van der Waals surface area (Å²) in [4.78, 5) is 6.91. The van der Waals surface area contributed by atoms with Crippen LogP contribution in [0, 0.1) is 13.8 Å². The van der Waals surface area contributed by atoms with E-state index in [9.17, 15) is 0 Å².